The summed E-state index contributed by atoms with van der Waals surface area (Å²) in [5.74, 6) is -0.434. The van der Waals surface area contributed by atoms with Gasteiger partial charge in [-0.1, -0.05) is 13.0 Å². The summed E-state index contributed by atoms with van der Waals surface area (Å²) < 4.78 is 5.04. The van der Waals surface area contributed by atoms with Gasteiger partial charge in [-0.2, -0.15) is 5.10 Å². The van der Waals surface area contributed by atoms with Crippen molar-refractivity contribution in [1.29, 1.82) is 0 Å². The topological polar surface area (TPSA) is 124 Å². The number of carbonyl (C=O) groups is 1. The summed E-state index contributed by atoms with van der Waals surface area (Å²) in [6.07, 6.45) is 0.454. The van der Waals surface area contributed by atoms with Gasteiger partial charge in [0.25, 0.3) is 11.9 Å². The highest BCUT2D eigenvalue weighted by atomic mass is 16.6. The fourth-order valence-corrected chi connectivity index (χ4v) is 2.46. The van der Waals surface area contributed by atoms with Gasteiger partial charge in [0.05, 0.1) is 19.3 Å². The van der Waals surface area contributed by atoms with Crippen LogP contribution in [-0.4, -0.2) is 45.7 Å². The number of rotatable bonds is 6. The van der Waals surface area contributed by atoms with Crippen molar-refractivity contribution in [3.8, 4) is 5.88 Å². The Morgan fingerprint density at radius 1 is 1.55 bits per heavy atom. The summed E-state index contributed by atoms with van der Waals surface area (Å²) >= 11 is 0. The third kappa shape index (κ3) is 2.97. The van der Waals surface area contributed by atoms with E-state index < -0.39 is 22.9 Å². The molecule has 0 saturated heterocycles. The van der Waals surface area contributed by atoms with Gasteiger partial charge in [0.2, 0.25) is 11.6 Å². The summed E-state index contributed by atoms with van der Waals surface area (Å²) in [5, 5.41) is 16.8. The van der Waals surface area contributed by atoms with Gasteiger partial charge in [0.1, 0.15) is 6.04 Å². The van der Waals surface area contributed by atoms with Crippen LogP contribution in [0, 0.1) is 10.1 Å². The Labute approximate surface area is 126 Å². The molecule has 0 aliphatic carbocycles. The van der Waals surface area contributed by atoms with Crippen LogP contribution in [0.3, 0.4) is 0 Å². The molecule has 1 aliphatic rings. The van der Waals surface area contributed by atoms with Crippen molar-refractivity contribution in [2.75, 3.05) is 7.11 Å². The quantitative estimate of drug-likeness (QED) is 0.590. The Morgan fingerprint density at radius 2 is 2.27 bits per heavy atom. The number of hydrogen-bond acceptors (Lipinski definition) is 7. The molecule has 0 bridgehead atoms. The molecule has 2 heterocycles. The molecular formula is C13H17N5O4. The summed E-state index contributed by atoms with van der Waals surface area (Å²) in [6.45, 7) is 2.03. The van der Waals surface area contributed by atoms with Crippen molar-refractivity contribution in [2.24, 2.45) is 10.8 Å². The van der Waals surface area contributed by atoms with Gasteiger partial charge < -0.3 is 10.5 Å². The van der Waals surface area contributed by atoms with E-state index in [4.69, 9.17) is 10.5 Å². The number of ether oxygens (including phenoxy) is 1. The van der Waals surface area contributed by atoms with E-state index in [0.29, 0.717) is 18.0 Å². The Hall–Kier alpha value is -2.71. The highest BCUT2D eigenvalue weighted by Crippen LogP contribution is 2.23. The lowest BCUT2D eigenvalue weighted by Crippen LogP contribution is -2.45. The Kier molecular flexibility index (Phi) is 4.54. The number of primary amides is 1. The van der Waals surface area contributed by atoms with Crippen LogP contribution in [0.1, 0.15) is 19.0 Å². The first-order valence-electron chi connectivity index (χ1n) is 6.76. The summed E-state index contributed by atoms with van der Waals surface area (Å²) in [6, 6.07) is 3.47. The molecule has 0 saturated carbocycles. The number of nitrogens with two attached hydrogens (primary N) is 1. The second-order valence-electron chi connectivity index (χ2n) is 4.82. The number of methoxy groups -OCH3 is 1. The summed E-state index contributed by atoms with van der Waals surface area (Å²) in [5.41, 5.74) is 5.62. The van der Waals surface area contributed by atoms with Crippen molar-refractivity contribution in [2.45, 2.75) is 32.0 Å². The average Bonchev–Trinajstić information content (AvgIpc) is 2.86. The molecule has 9 heteroatoms. The first-order valence-corrected chi connectivity index (χ1v) is 6.76. The van der Waals surface area contributed by atoms with E-state index in [0.717, 1.165) is 0 Å². The number of hydrogen-bond donors (Lipinski definition) is 1. The van der Waals surface area contributed by atoms with Crippen LogP contribution in [0.25, 0.3) is 0 Å². The molecule has 0 radical (unpaired) electrons. The van der Waals surface area contributed by atoms with Crippen LogP contribution in [0.2, 0.25) is 0 Å². The second-order valence-corrected chi connectivity index (χ2v) is 4.82. The minimum atomic E-state index is -1.21. The third-order valence-electron chi connectivity index (χ3n) is 3.48. The molecule has 2 unspecified atom stereocenters. The molecule has 2 N–H and O–H groups in total. The maximum absolute atomic E-state index is 11.4. The number of aromatic nitrogens is 1. The van der Waals surface area contributed by atoms with Gasteiger partial charge in [-0.15, -0.1) is 0 Å². The molecule has 1 aromatic rings. The van der Waals surface area contributed by atoms with E-state index in [1.807, 2.05) is 0 Å². The molecule has 0 aromatic carbocycles. The SMILES string of the molecule is CCC1C([N+](=O)[O-])C(C(N)=O)=NN1Cc1cccc(OC)n1. The lowest BCUT2D eigenvalue weighted by molar-refractivity contribution is -0.507. The average molecular weight is 307 g/mol. The van der Waals surface area contributed by atoms with Gasteiger partial charge in [0, 0.05) is 11.0 Å². The number of hydrazone groups is 1. The molecule has 0 spiro atoms. The Morgan fingerprint density at radius 3 is 2.82 bits per heavy atom. The van der Waals surface area contributed by atoms with E-state index in [1.54, 1.807) is 25.1 Å². The Bertz CT molecular complexity index is 618. The number of pyridine rings is 1. The minimum Gasteiger partial charge on any atom is -0.481 e. The van der Waals surface area contributed by atoms with Crippen molar-refractivity contribution in [3.05, 3.63) is 34.0 Å². The van der Waals surface area contributed by atoms with Gasteiger partial charge >= 0.3 is 0 Å². The van der Waals surface area contributed by atoms with E-state index >= 15 is 0 Å². The van der Waals surface area contributed by atoms with Crippen molar-refractivity contribution < 1.29 is 14.5 Å². The highest BCUT2D eigenvalue weighted by molar-refractivity contribution is 6.40. The smallest absolute Gasteiger partial charge is 0.283 e. The zero-order chi connectivity index (χ0) is 16.3. The van der Waals surface area contributed by atoms with Crippen LogP contribution in [0.5, 0.6) is 5.88 Å². The molecule has 2 rings (SSSR count). The maximum Gasteiger partial charge on any atom is 0.283 e. The minimum absolute atomic E-state index is 0.222. The van der Waals surface area contributed by atoms with Crippen molar-refractivity contribution in [1.82, 2.24) is 9.99 Å². The molecule has 0 fully saturated rings. The number of carbonyl (C=O) groups excluding carboxylic acids is 1. The van der Waals surface area contributed by atoms with Gasteiger partial charge in [0.15, 0.2) is 0 Å². The largest absolute Gasteiger partial charge is 0.481 e. The Balaban J connectivity index is 2.28. The molecule has 22 heavy (non-hydrogen) atoms. The van der Waals surface area contributed by atoms with E-state index in [9.17, 15) is 14.9 Å². The van der Waals surface area contributed by atoms with Crippen LogP contribution in [0.15, 0.2) is 23.3 Å². The second kappa shape index (κ2) is 6.37. The fraction of sp³-hybridized carbons (Fsp3) is 0.462. The molecule has 1 aromatic heterocycles. The van der Waals surface area contributed by atoms with Gasteiger partial charge in [-0.05, 0) is 12.5 Å². The lowest BCUT2D eigenvalue weighted by Gasteiger charge is -2.22. The lowest BCUT2D eigenvalue weighted by atomic mass is 10.0. The zero-order valence-corrected chi connectivity index (χ0v) is 12.3. The van der Waals surface area contributed by atoms with E-state index in [1.165, 1.54) is 12.1 Å². The maximum atomic E-state index is 11.4. The van der Waals surface area contributed by atoms with Crippen LogP contribution in [-0.2, 0) is 11.3 Å². The number of nitro groups is 1. The molecular weight excluding hydrogens is 290 g/mol. The standard InChI is InChI=1S/C13H17N5O4/c1-3-9-12(18(20)21)11(13(14)19)16-17(9)7-8-5-4-6-10(15-8)22-2/h4-6,9,12H,3,7H2,1-2H3,(H2,14,19). The van der Waals surface area contributed by atoms with Crippen molar-refractivity contribution in [3.63, 3.8) is 0 Å². The van der Waals surface area contributed by atoms with E-state index in [-0.39, 0.29) is 12.3 Å². The van der Waals surface area contributed by atoms with Gasteiger partial charge in [-0.25, -0.2) is 4.98 Å². The van der Waals surface area contributed by atoms with Crippen LogP contribution >= 0.6 is 0 Å². The molecule has 1 amide bonds. The third-order valence-corrected chi connectivity index (χ3v) is 3.48. The molecule has 1 aliphatic heterocycles. The first-order chi connectivity index (χ1) is 10.5. The van der Waals surface area contributed by atoms with Gasteiger partial charge in [-0.3, -0.25) is 19.9 Å². The van der Waals surface area contributed by atoms with Crippen LogP contribution < -0.4 is 10.5 Å². The predicted molar refractivity (Wildman–Crippen MR) is 77.8 cm³/mol. The van der Waals surface area contributed by atoms with Crippen LogP contribution in [0.4, 0.5) is 0 Å². The van der Waals surface area contributed by atoms with E-state index in [2.05, 4.69) is 10.1 Å². The number of amides is 1. The summed E-state index contributed by atoms with van der Waals surface area (Å²) in [4.78, 5) is 26.4. The monoisotopic (exact) mass is 307 g/mol. The highest BCUT2D eigenvalue weighted by Gasteiger charge is 2.47. The predicted octanol–water partition coefficient (Wildman–Crippen LogP) is 0.171. The first kappa shape index (κ1) is 15.7. The zero-order valence-electron chi connectivity index (χ0n) is 12.3. The molecule has 2 atom stereocenters. The fourth-order valence-electron chi connectivity index (χ4n) is 2.46. The molecule has 9 nitrogen and oxygen atoms in total. The molecule has 118 valence electrons. The number of nitrogens with zero attached hydrogens (tertiary/aromatic N) is 4. The summed E-state index contributed by atoms with van der Waals surface area (Å²) in [7, 11) is 1.50. The van der Waals surface area contributed by atoms with Crippen molar-refractivity contribution >= 4 is 11.6 Å². The normalized spacial score (nSPS) is 20.6.